The molecule has 1 fully saturated rings. The van der Waals surface area contributed by atoms with Crippen molar-refractivity contribution >= 4 is 41.9 Å². The number of carbonyl (C=O) groups excluding carboxylic acids is 2. The van der Waals surface area contributed by atoms with Gasteiger partial charge in [0.25, 0.3) is 0 Å². The molecular weight excluding hydrogens is 489 g/mol. The number of halogens is 1. The summed E-state index contributed by atoms with van der Waals surface area (Å²) in [4.78, 5) is 30.4. The van der Waals surface area contributed by atoms with Gasteiger partial charge in [0.15, 0.2) is 5.96 Å². The van der Waals surface area contributed by atoms with E-state index in [0.29, 0.717) is 25.6 Å². The molecule has 170 valence electrons. The Morgan fingerprint density at radius 1 is 1.14 bits per heavy atom. The molecule has 1 heterocycles. The zero-order valence-corrected chi connectivity index (χ0v) is 21.2. The zero-order valence-electron chi connectivity index (χ0n) is 18.9. The maximum atomic E-state index is 12.8. The van der Waals surface area contributed by atoms with Gasteiger partial charge < -0.3 is 25.4 Å². The molecule has 0 spiro atoms. The lowest BCUT2D eigenvalue weighted by Crippen LogP contribution is -2.54. The third kappa shape index (κ3) is 8.93. The molecule has 0 aromatic carbocycles. The van der Waals surface area contributed by atoms with E-state index in [1.54, 1.807) is 4.90 Å². The van der Waals surface area contributed by atoms with Gasteiger partial charge in [0.05, 0.1) is 12.1 Å². The zero-order chi connectivity index (χ0) is 21.5. The predicted octanol–water partition coefficient (Wildman–Crippen LogP) is 2.06. The minimum atomic E-state index is -0.787. The lowest BCUT2D eigenvalue weighted by atomic mass is 10.1. The number of aliphatic imine (C=N–C) groups is 1. The fourth-order valence-corrected chi connectivity index (χ4v) is 3.07. The van der Waals surface area contributed by atoms with E-state index in [0.717, 1.165) is 0 Å². The number of guanidine groups is 1. The van der Waals surface area contributed by atoms with Gasteiger partial charge in [-0.25, -0.2) is 9.79 Å². The molecule has 1 aliphatic rings. The molecule has 0 radical (unpaired) electrons. The highest BCUT2D eigenvalue weighted by Gasteiger charge is 2.49. The molecule has 3 N–H and O–H groups in total. The van der Waals surface area contributed by atoms with Crippen LogP contribution >= 0.6 is 24.0 Å². The Morgan fingerprint density at radius 2 is 1.72 bits per heavy atom. The van der Waals surface area contributed by atoms with Gasteiger partial charge in [0.1, 0.15) is 17.9 Å². The van der Waals surface area contributed by atoms with E-state index in [1.807, 2.05) is 55.4 Å². The summed E-state index contributed by atoms with van der Waals surface area (Å²) in [6.45, 7) is 16.6. The molecule has 2 amide bonds. The minimum Gasteiger partial charge on any atom is -0.444 e. The number of hydrogen-bond acceptors (Lipinski definition) is 5. The van der Waals surface area contributed by atoms with Crippen molar-refractivity contribution in [2.45, 2.75) is 78.9 Å². The normalized spacial score (nSPS) is 21.2. The Morgan fingerprint density at radius 3 is 2.24 bits per heavy atom. The quantitative estimate of drug-likeness (QED) is 0.278. The van der Waals surface area contributed by atoms with Crippen molar-refractivity contribution in [1.82, 2.24) is 20.9 Å². The van der Waals surface area contributed by atoms with Crippen LogP contribution in [0.15, 0.2) is 4.99 Å². The van der Waals surface area contributed by atoms with E-state index >= 15 is 0 Å². The van der Waals surface area contributed by atoms with Crippen molar-refractivity contribution in [3.8, 4) is 0 Å². The van der Waals surface area contributed by atoms with Crippen LogP contribution in [0.5, 0.6) is 0 Å². The highest BCUT2D eigenvalue weighted by atomic mass is 127. The van der Waals surface area contributed by atoms with Crippen LogP contribution in [0.2, 0.25) is 0 Å². The molecule has 0 saturated carbocycles. The average molecular weight is 527 g/mol. The molecule has 0 bridgehead atoms. The number of likely N-dealkylation sites (N-methyl/N-ethyl adjacent to an activating group) is 1. The number of nitrogens with zero attached hydrogens (tertiary/aromatic N) is 2. The van der Waals surface area contributed by atoms with Gasteiger partial charge in [-0.3, -0.25) is 9.69 Å². The summed E-state index contributed by atoms with van der Waals surface area (Å²) in [5.74, 6) is 0.364. The largest absolute Gasteiger partial charge is 0.444 e. The Kier molecular flexibility index (Phi) is 11.2. The second-order valence-corrected chi connectivity index (χ2v) is 8.22. The van der Waals surface area contributed by atoms with E-state index in [9.17, 15) is 9.59 Å². The second kappa shape index (κ2) is 11.8. The molecule has 2 atom stereocenters. The van der Waals surface area contributed by atoms with E-state index in [1.165, 1.54) is 0 Å². The van der Waals surface area contributed by atoms with Gasteiger partial charge in [0, 0.05) is 19.6 Å². The predicted molar refractivity (Wildman–Crippen MR) is 125 cm³/mol. The van der Waals surface area contributed by atoms with Gasteiger partial charge >= 0.3 is 6.09 Å². The fraction of sp³-hybridized carbons (Fsp3) is 0.842. The summed E-state index contributed by atoms with van der Waals surface area (Å²) >= 11 is 0. The topological polar surface area (TPSA) is 104 Å². The van der Waals surface area contributed by atoms with Crippen molar-refractivity contribution in [3.63, 3.8) is 0 Å². The first-order chi connectivity index (χ1) is 12.9. The van der Waals surface area contributed by atoms with Crippen LogP contribution in [0.25, 0.3) is 0 Å². The maximum Gasteiger partial charge on any atom is 0.412 e. The monoisotopic (exact) mass is 527 g/mol. The molecular formula is C19H38IN5O4. The number of carbonyl (C=O) groups is 2. The van der Waals surface area contributed by atoms with E-state index in [4.69, 9.17) is 9.47 Å². The molecule has 0 aromatic rings. The number of amides is 2. The summed E-state index contributed by atoms with van der Waals surface area (Å²) in [6, 6.07) is -0.252. The SMILES string of the molecule is CCNC(=O)CN=C(NCC)NCC1C(C)OC(C)(C)N1C(=O)OC(C)(C)C.I. The first-order valence-electron chi connectivity index (χ1n) is 9.90. The second-order valence-electron chi connectivity index (χ2n) is 8.22. The summed E-state index contributed by atoms with van der Waals surface area (Å²) in [5, 5.41) is 9.02. The lowest BCUT2D eigenvalue weighted by Gasteiger charge is -2.35. The maximum absolute atomic E-state index is 12.8. The Bertz CT molecular complexity index is 577. The van der Waals surface area contributed by atoms with Crippen LogP contribution in [-0.2, 0) is 14.3 Å². The average Bonchev–Trinajstić information content (AvgIpc) is 2.77. The van der Waals surface area contributed by atoms with Gasteiger partial charge in [0.2, 0.25) is 5.91 Å². The standard InChI is InChI=1S/C19H37N5O4.HI/c1-9-20-15(25)12-23-16(21-10-2)22-11-14-13(3)27-19(7,8)24(14)17(26)28-18(4,5)6;/h13-14H,9-12H2,1-8H3,(H,20,25)(H2,21,22,23);1H. The molecule has 0 aliphatic carbocycles. The van der Waals surface area contributed by atoms with Crippen LogP contribution in [-0.4, -0.2) is 72.5 Å². The molecule has 9 nitrogen and oxygen atoms in total. The van der Waals surface area contributed by atoms with Gasteiger partial charge in [-0.1, -0.05) is 0 Å². The van der Waals surface area contributed by atoms with Crippen LogP contribution in [0, 0.1) is 0 Å². The van der Waals surface area contributed by atoms with Gasteiger partial charge in [-0.2, -0.15) is 0 Å². The van der Waals surface area contributed by atoms with Crippen molar-refractivity contribution in [3.05, 3.63) is 0 Å². The summed E-state index contributed by atoms with van der Waals surface area (Å²) in [7, 11) is 0. The third-order valence-corrected chi connectivity index (χ3v) is 4.10. The number of rotatable bonds is 6. The Labute approximate surface area is 191 Å². The Balaban J connectivity index is 0.00000784. The highest BCUT2D eigenvalue weighted by molar-refractivity contribution is 14.0. The molecule has 29 heavy (non-hydrogen) atoms. The van der Waals surface area contributed by atoms with Crippen molar-refractivity contribution in [2.75, 3.05) is 26.2 Å². The van der Waals surface area contributed by atoms with Crippen LogP contribution in [0.4, 0.5) is 4.79 Å². The fourth-order valence-electron chi connectivity index (χ4n) is 3.07. The molecule has 2 unspecified atom stereocenters. The van der Waals surface area contributed by atoms with Gasteiger partial charge in [-0.05, 0) is 55.4 Å². The van der Waals surface area contributed by atoms with Crippen molar-refractivity contribution < 1.29 is 19.1 Å². The van der Waals surface area contributed by atoms with Crippen molar-refractivity contribution in [1.29, 1.82) is 0 Å². The van der Waals surface area contributed by atoms with E-state index in [-0.39, 0.29) is 48.6 Å². The number of ether oxygens (including phenoxy) is 2. The Hall–Kier alpha value is -1.30. The van der Waals surface area contributed by atoms with E-state index < -0.39 is 17.4 Å². The molecule has 1 rings (SSSR count). The third-order valence-electron chi connectivity index (χ3n) is 4.10. The smallest absolute Gasteiger partial charge is 0.412 e. The van der Waals surface area contributed by atoms with Crippen LogP contribution in [0.3, 0.4) is 0 Å². The summed E-state index contributed by atoms with van der Waals surface area (Å²) < 4.78 is 11.6. The lowest BCUT2D eigenvalue weighted by molar-refractivity contribution is -0.119. The van der Waals surface area contributed by atoms with Crippen LogP contribution in [0.1, 0.15) is 55.4 Å². The molecule has 1 saturated heterocycles. The first-order valence-corrected chi connectivity index (χ1v) is 9.90. The van der Waals surface area contributed by atoms with E-state index in [2.05, 4.69) is 20.9 Å². The first kappa shape index (κ1) is 27.7. The van der Waals surface area contributed by atoms with Crippen molar-refractivity contribution in [2.24, 2.45) is 4.99 Å². The number of hydrogen-bond donors (Lipinski definition) is 3. The van der Waals surface area contributed by atoms with Crippen LogP contribution < -0.4 is 16.0 Å². The highest BCUT2D eigenvalue weighted by Crippen LogP contribution is 2.33. The molecule has 10 heteroatoms. The molecule has 1 aliphatic heterocycles. The summed E-state index contributed by atoms with van der Waals surface area (Å²) in [6.07, 6.45) is -0.612. The van der Waals surface area contributed by atoms with Gasteiger partial charge in [-0.15, -0.1) is 24.0 Å². The summed E-state index contributed by atoms with van der Waals surface area (Å²) in [5.41, 5.74) is -1.38. The molecule has 0 aromatic heterocycles. The minimum absolute atomic E-state index is 0. The number of nitrogens with one attached hydrogen (secondary N) is 3.